The van der Waals surface area contributed by atoms with E-state index >= 15 is 0 Å². The molecule has 0 aliphatic carbocycles. The summed E-state index contributed by atoms with van der Waals surface area (Å²) in [5.74, 6) is 0. The third-order valence-electron chi connectivity index (χ3n) is 1.83. The zero-order valence-corrected chi connectivity index (χ0v) is 8.09. The van der Waals surface area contributed by atoms with Crippen molar-refractivity contribution < 1.29 is 0 Å². The van der Waals surface area contributed by atoms with Gasteiger partial charge in [0.15, 0.2) is 0 Å². The number of aromatic nitrogens is 1. The van der Waals surface area contributed by atoms with Crippen LogP contribution in [0.1, 0.15) is 12.5 Å². The van der Waals surface area contributed by atoms with E-state index in [2.05, 4.69) is 29.1 Å². The fraction of sp³-hybridized carbons (Fsp3) is 0.222. The molecule has 0 fully saturated rings. The molecule has 2 aromatic rings. The Balaban J connectivity index is 2.67. The van der Waals surface area contributed by atoms with Crippen LogP contribution in [0.5, 0.6) is 0 Å². The standard InChI is InChI=1S/C9H9NSe/c1-2-7-3-4-9-8(5-7)6-10-11-9/h3-6H,2H2,1H3. The second-order valence-corrected chi connectivity index (χ2v) is 4.30. The summed E-state index contributed by atoms with van der Waals surface area (Å²) in [6, 6.07) is 6.66. The third kappa shape index (κ3) is 1.24. The van der Waals surface area contributed by atoms with E-state index in [-0.39, 0.29) is 0 Å². The zero-order valence-electron chi connectivity index (χ0n) is 6.37. The van der Waals surface area contributed by atoms with Crippen molar-refractivity contribution in [1.82, 2.24) is 3.98 Å². The van der Waals surface area contributed by atoms with Crippen LogP contribution in [0, 0.1) is 0 Å². The van der Waals surface area contributed by atoms with Crippen LogP contribution in [0.2, 0.25) is 0 Å². The first-order valence-electron chi connectivity index (χ1n) is 3.73. The first kappa shape index (κ1) is 7.08. The van der Waals surface area contributed by atoms with Gasteiger partial charge in [0.05, 0.1) is 0 Å². The molecule has 0 aliphatic rings. The number of aryl methyl sites for hydroxylation is 1. The summed E-state index contributed by atoms with van der Waals surface area (Å²) in [6.45, 7) is 2.18. The summed E-state index contributed by atoms with van der Waals surface area (Å²) < 4.78 is 5.69. The SMILES string of the molecule is CCc1ccc2[se]ncc2c1. The van der Waals surface area contributed by atoms with Gasteiger partial charge in [0.2, 0.25) is 0 Å². The fourth-order valence-corrected chi connectivity index (χ4v) is 2.45. The molecule has 0 aliphatic heterocycles. The zero-order chi connectivity index (χ0) is 7.68. The Morgan fingerprint density at radius 1 is 1.45 bits per heavy atom. The average Bonchev–Trinajstić information content (AvgIpc) is 2.50. The van der Waals surface area contributed by atoms with Crippen LogP contribution in [-0.4, -0.2) is 18.7 Å². The van der Waals surface area contributed by atoms with E-state index < -0.39 is 0 Å². The van der Waals surface area contributed by atoms with Gasteiger partial charge in [0.1, 0.15) is 0 Å². The van der Waals surface area contributed by atoms with Crippen molar-refractivity contribution in [3.05, 3.63) is 30.0 Å². The number of rotatable bonds is 1. The number of benzene rings is 1. The maximum atomic E-state index is 4.26. The predicted octanol–water partition coefficient (Wildman–Crippen LogP) is 1.85. The summed E-state index contributed by atoms with van der Waals surface area (Å²) in [6.07, 6.45) is 3.11. The molecule has 0 saturated heterocycles. The molecule has 0 N–H and O–H groups in total. The van der Waals surface area contributed by atoms with Gasteiger partial charge in [-0.1, -0.05) is 0 Å². The Labute approximate surface area is 72.0 Å². The van der Waals surface area contributed by atoms with Crippen molar-refractivity contribution in [3.63, 3.8) is 0 Å². The third-order valence-corrected chi connectivity index (χ3v) is 3.46. The van der Waals surface area contributed by atoms with E-state index in [1.807, 2.05) is 6.20 Å². The van der Waals surface area contributed by atoms with Gasteiger partial charge in [-0.2, -0.15) is 0 Å². The molecule has 0 atom stereocenters. The van der Waals surface area contributed by atoms with Crippen LogP contribution in [-0.2, 0) is 6.42 Å². The van der Waals surface area contributed by atoms with Crippen LogP contribution >= 0.6 is 0 Å². The number of hydrogen-bond donors (Lipinski definition) is 0. The van der Waals surface area contributed by atoms with Crippen LogP contribution < -0.4 is 0 Å². The second kappa shape index (κ2) is 2.80. The molecule has 0 amide bonds. The molecule has 0 bridgehead atoms. The molecule has 0 spiro atoms. The van der Waals surface area contributed by atoms with Crippen LogP contribution in [0.3, 0.4) is 0 Å². The Morgan fingerprint density at radius 3 is 3.18 bits per heavy atom. The Hall–Kier alpha value is -0.591. The van der Waals surface area contributed by atoms with Crippen LogP contribution in [0.4, 0.5) is 0 Å². The van der Waals surface area contributed by atoms with Gasteiger partial charge in [-0.05, 0) is 0 Å². The van der Waals surface area contributed by atoms with Gasteiger partial charge in [-0.25, -0.2) is 0 Å². The first-order valence-corrected chi connectivity index (χ1v) is 5.35. The van der Waals surface area contributed by atoms with Gasteiger partial charge in [0, 0.05) is 0 Å². The average molecular weight is 210 g/mol. The van der Waals surface area contributed by atoms with E-state index in [1.54, 1.807) is 0 Å². The topological polar surface area (TPSA) is 12.9 Å². The summed E-state index contributed by atoms with van der Waals surface area (Å²) in [4.78, 5) is 0. The molecule has 56 valence electrons. The molecule has 2 heteroatoms. The minimum atomic E-state index is 0.363. The van der Waals surface area contributed by atoms with E-state index in [4.69, 9.17) is 0 Å². The van der Waals surface area contributed by atoms with E-state index in [0.29, 0.717) is 14.7 Å². The molecule has 2 rings (SSSR count). The van der Waals surface area contributed by atoms with Gasteiger partial charge in [-0.3, -0.25) is 0 Å². The van der Waals surface area contributed by atoms with Gasteiger partial charge in [-0.15, -0.1) is 0 Å². The Morgan fingerprint density at radius 2 is 2.36 bits per heavy atom. The fourth-order valence-electron chi connectivity index (χ4n) is 1.14. The second-order valence-electron chi connectivity index (χ2n) is 2.55. The van der Waals surface area contributed by atoms with Crippen molar-refractivity contribution in [2.45, 2.75) is 13.3 Å². The normalized spacial score (nSPS) is 10.6. The molecule has 1 aromatic heterocycles. The van der Waals surface area contributed by atoms with Crippen LogP contribution in [0.15, 0.2) is 24.4 Å². The molecular weight excluding hydrogens is 201 g/mol. The summed E-state index contributed by atoms with van der Waals surface area (Å²) >= 11 is 0.363. The Bertz CT molecular complexity index is 364. The van der Waals surface area contributed by atoms with Crippen molar-refractivity contribution in [2.24, 2.45) is 0 Å². The van der Waals surface area contributed by atoms with Crippen molar-refractivity contribution in [3.8, 4) is 0 Å². The summed E-state index contributed by atoms with van der Waals surface area (Å²) in [7, 11) is 0. The van der Waals surface area contributed by atoms with Gasteiger partial charge >= 0.3 is 71.7 Å². The van der Waals surface area contributed by atoms with Crippen molar-refractivity contribution >= 4 is 24.4 Å². The minimum absolute atomic E-state index is 0.363. The van der Waals surface area contributed by atoms with Crippen molar-refractivity contribution in [2.75, 3.05) is 0 Å². The first-order chi connectivity index (χ1) is 5.40. The van der Waals surface area contributed by atoms with E-state index in [1.165, 1.54) is 15.2 Å². The number of fused-ring (bicyclic) bond motifs is 1. The van der Waals surface area contributed by atoms with E-state index in [9.17, 15) is 0 Å². The Kier molecular flexibility index (Phi) is 1.80. The molecule has 0 saturated carbocycles. The quantitative estimate of drug-likeness (QED) is 0.654. The van der Waals surface area contributed by atoms with Gasteiger partial charge < -0.3 is 0 Å². The van der Waals surface area contributed by atoms with Crippen LogP contribution in [0.25, 0.3) is 9.65 Å². The monoisotopic (exact) mass is 211 g/mol. The molecular formula is C9H9NSe. The molecule has 11 heavy (non-hydrogen) atoms. The summed E-state index contributed by atoms with van der Waals surface area (Å²) in [5.41, 5.74) is 1.41. The van der Waals surface area contributed by atoms with E-state index in [0.717, 1.165) is 6.42 Å². The predicted molar refractivity (Wildman–Crippen MR) is 48.1 cm³/mol. The molecule has 0 radical (unpaired) electrons. The van der Waals surface area contributed by atoms with Crippen molar-refractivity contribution in [1.29, 1.82) is 0 Å². The molecule has 1 nitrogen and oxygen atoms in total. The number of nitrogens with zero attached hydrogens (tertiary/aromatic N) is 1. The summed E-state index contributed by atoms with van der Waals surface area (Å²) in [5, 5.41) is 1.34. The molecule has 1 heterocycles. The van der Waals surface area contributed by atoms with Gasteiger partial charge in [0.25, 0.3) is 0 Å². The molecule has 1 aromatic carbocycles. The maximum absolute atomic E-state index is 4.26. The molecule has 0 unspecified atom stereocenters. The number of hydrogen-bond acceptors (Lipinski definition) is 1.